The molecule has 2 N–H and O–H groups in total. The first-order valence-corrected chi connectivity index (χ1v) is 7.60. The molecule has 0 spiro atoms. The summed E-state index contributed by atoms with van der Waals surface area (Å²) >= 11 is 5.33. The van der Waals surface area contributed by atoms with E-state index in [4.69, 9.17) is 12.2 Å². The minimum Gasteiger partial charge on any atom is -0.332 e. The lowest BCUT2D eigenvalue weighted by Gasteiger charge is -2.23. The van der Waals surface area contributed by atoms with E-state index in [9.17, 15) is 10.1 Å². The maximum atomic E-state index is 10.7. The monoisotopic (exact) mass is 329 g/mol. The van der Waals surface area contributed by atoms with E-state index in [1.54, 1.807) is 12.1 Å². The highest BCUT2D eigenvalue weighted by molar-refractivity contribution is 7.80. The Morgan fingerprint density at radius 1 is 1.04 bits per heavy atom. The van der Waals surface area contributed by atoms with Gasteiger partial charge in [-0.05, 0) is 41.4 Å². The highest BCUT2D eigenvalue weighted by Crippen LogP contribution is 2.29. The zero-order chi connectivity index (χ0) is 17.0. The van der Waals surface area contributed by atoms with Gasteiger partial charge in [0, 0.05) is 23.5 Å². The predicted octanol–water partition coefficient (Wildman–Crippen LogP) is 4.70. The van der Waals surface area contributed by atoms with Crippen molar-refractivity contribution in [3.8, 4) is 0 Å². The van der Waals surface area contributed by atoms with Gasteiger partial charge in [0.15, 0.2) is 5.11 Å². The maximum absolute atomic E-state index is 10.7. The molecule has 0 aliphatic carbocycles. The summed E-state index contributed by atoms with van der Waals surface area (Å²) in [7, 11) is 0. The van der Waals surface area contributed by atoms with Gasteiger partial charge in [-0.25, -0.2) is 0 Å². The Hall–Kier alpha value is -2.47. The van der Waals surface area contributed by atoms with Gasteiger partial charge in [-0.1, -0.05) is 39.0 Å². The molecule has 0 fully saturated rings. The summed E-state index contributed by atoms with van der Waals surface area (Å²) in [6.45, 7) is 6.42. The molecule has 0 saturated heterocycles. The zero-order valence-electron chi connectivity index (χ0n) is 13.3. The number of nitrogens with zero attached hydrogens (tertiary/aromatic N) is 1. The molecule has 0 saturated carbocycles. The van der Waals surface area contributed by atoms with Gasteiger partial charge in [0.05, 0.1) is 4.92 Å². The summed E-state index contributed by atoms with van der Waals surface area (Å²) in [5.41, 5.74) is 2.84. The summed E-state index contributed by atoms with van der Waals surface area (Å²) in [4.78, 5) is 10.2. The fourth-order valence-electron chi connectivity index (χ4n) is 2.20. The lowest BCUT2D eigenvalue weighted by Crippen LogP contribution is -2.22. The highest BCUT2D eigenvalue weighted by atomic mass is 32.1. The number of hydrogen-bond donors (Lipinski definition) is 2. The molecule has 0 unspecified atom stereocenters. The Balaban J connectivity index is 2.10. The van der Waals surface area contributed by atoms with Crippen molar-refractivity contribution < 1.29 is 4.92 Å². The first kappa shape index (κ1) is 16.9. The first-order chi connectivity index (χ1) is 10.8. The third-order valence-corrected chi connectivity index (χ3v) is 3.52. The number of nitrogens with one attached hydrogen (secondary N) is 2. The van der Waals surface area contributed by atoms with Gasteiger partial charge >= 0.3 is 0 Å². The fourth-order valence-corrected chi connectivity index (χ4v) is 2.43. The molecule has 0 aromatic heterocycles. The summed E-state index contributed by atoms with van der Waals surface area (Å²) in [5.74, 6) is 0. The van der Waals surface area contributed by atoms with E-state index in [1.807, 2.05) is 18.2 Å². The van der Waals surface area contributed by atoms with Crippen molar-refractivity contribution in [3.05, 3.63) is 64.2 Å². The van der Waals surface area contributed by atoms with Gasteiger partial charge in [-0.3, -0.25) is 10.1 Å². The Labute approximate surface area is 140 Å². The van der Waals surface area contributed by atoms with Gasteiger partial charge in [0.25, 0.3) is 5.69 Å². The molecule has 2 rings (SSSR count). The number of anilines is 2. The van der Waals surface area contributed by atoms with Gasteiger partial charge < -0.3 is 10.6 Å². The number of nitro benzene ring substituents is 1. The third kappa shape index (κ3) is 4.50. The molecule has 0 radical (unpaired) electrons. The molecule has 5 nitrogen and oxygen atoms in total. The van der Waals surface area contributed by atoms with Crippen LogP contribution in [0, 0.1) is 10.1 Å². The lowest BCUT2D eigenvalue weighted by molar-refractivity contribution is -0.384. The van der Waals surface area contributed by atoms with Crippen LogP contribution >= 0.6 is 12.2 Å². The van der Waals surface area contributed by atoms with Crippen molar-refractivity contribution >= 4 is 34.4 Å². The number of rotatable bonds is 3. The first-order valence-electron chi connectivity index (χ1n) is 7.19. The van der Waals surface area contributed by atoms with Crippen LogP contribution in [0.4, 0.5) is 17.1 Å². The molecule has 23 heavy (non-hydrogen) atoms. The molecule has 0 atom stereocenters. The summed E-state index contributed by atoms with van der Waals surface area (Å²) < 4.78 is 0. The predicted molar refractivity (Wildman–Crippen MR) is 98.1 cm³/mol. The average molecular weight is 329 g/mol. The number of benzene rings is 2. The second kappa shape index (κ2) is 6.75. The normalized spacial score (nSPS) is 10.9. The molecule has 0 heterocycles. The molecule has 0 amide bonds. The second-order valence-corrected chi connectivity index (χ2v) is 6.59. The van der Waals surface area contributed by atoms with Gasteiger partial charge in [-0.15, -0.1) is 0 Å². The van der Waals surface area contributed by atoms with Crippen molar-refractivity contribution in [2.24, 2.45) is 0 Å². The van der Waals surface area contributed by atoms with Crippen LogP contribution in [0.5, 0.6) is 0 Å². The van der Waals surface area contributed by atoms with Crippen LogP contribution in [0.25, 0.3) is 0 Å². The van der Waals surface area contributed by atoms with Crippen LogP contribution in [0.3, 0.4) is 0 Å². The lowest BCUT2D eigenvalue weighted by atomic mass is 9.86. The second-order valence-electron chi connectivity index (χ2n) is 6.18. The van der Waals surface area contributed by atoms with Crippen LogP contribution in [-0.4, -0.2) is 10.0 Å². The Bertz CT molecular complexity index is 721. The Morgan fingerprint density at radius 2 is 1.65 bits per heavy atom. The van der Waals surface area contributed by atoms with Crippen LogP contribution < -0.4 is 10.6 Å². The third-order valence-electron chi connectivity index (χ3n) is 3.32. The van der Waals surface area contributed by atoms with Crippen molar-refractivity contribution in [2.45, 2.75) is 26.2 Å². The van der Waals surface area contributed by atoms with Crippen molar-refractivity contribution in [1.82, 2.24) is 0 Å². The van der Waals surface area contributed by atoms with Gasteiger partial charge in [0.1, 0.15) is 0 Å². The number of nitro groups is 1. The zero-order valence-corrected chi connectivity index (χ0v) is 14.1. The van der Waals surface area contributed by atoms with Gasteiger partial charge in [0.2, 0.25) is 0 Å². The number of hydrogen-bond acceptors (Lipinski definition) is 3. The van der Waals surface area contributed by atoms with Crippen molar-refractivity contribution in [1.29, 1.82) is 0 Å². The van der Waals surface area contributed by atoms with E-state index in [1.165, 1.54) is 12.1 Å². The number of para-hydroxylation sites is 1. The fraction of sp³-hybridized carbons (Fsp3) is 0.235. The van der Waals surface area contributed by atoms with E-state index in [-0.39, 0.29) is 11.1 Å². The summed E-state index contributed by atoms with van der Waals surface area (Å²) in [5, 5.41) is 17.3. The van der Waals surface area contributed by atoms with Crippen LogP contribution in [0.1, 0.15) is 26.3 Å². The van der Waals surface area contributed by atoms with Crippen LogP contribution in [0.15, 0.2) is 48.5 Å². The van der Waals surface area contributed by atoms with Crippen LogP contribution in [0.2, 0.25) is 0 Å². The van der Waals surface area contributed by atoms with Crippen molar-refractivity contribution in [2.75, 3.05) is 10.6 Å². The molecule has 0 aliphatic rings. The molecular formula is C17H19N3O2S. The largest absolute Gasteiger partial charge is 0.332 e. The highest BCUT2D eigenvalue weighted by Gasteiger charge is 2.17. The molecule has 2 aromatic rings. The smallest absolute Gasteiger partial charge is 0.269 e. The van der Waals surface area contributed by atoms with Crippen molar-refractivity contribution in [3.63, 3.8) is 0 Å². The number of thiocarbonyl (C=S) groups is 1. The molecule has 0 aliphatic heterocycles. The van der Waals surface area contributed by atoms with E-state index < -0.39 is 4.92 Å². The quantitative estimate of drug-likeness (QED) is 0.485. The number of non-ortho nitro benzene ring substituents is 1. The van der Waals surface area contributed by atoms with Gasteiger partial charge in [-0.2, -0.15) is 0 Å². The topological polar surface area (TPSA) is 67.2 Å². The summed E-state index contributed by atoms with van der Waals surface area (Å²) in [6.07, 6.45) is 0. The Kier molecular flexibility index (Phi) is 4.95. The van der Waals surface area contributed by atoms with E-state index >= 15 is 0 Å². The van der Waals surface area contributed by atoms with E-state index in [0.29, 0.717) is 10.8 Å². The SMILES string of the molecule is CC(C)(C)c1ccccc1NC(=S)Nc1ccc([N+](=O)[O-])cc1. The molecular weight excluding hydrogens is 310 g/mol. The van der Waals surface area contributed by atoms with E-state index in [2.05, 4.69) is 37.5 Å². The standard InChI is InChI=1S/C17H19N3O2S/c1-17(2,3)14-6-4-5-7-15(14)19-16(23)18-12-8-10-13(11-9-12)20(21)22/h4-11H,1-3H3,(H2,18,19,23). The molecule has 120 valence electrons. The summed E-state index contributed by atoms with van der Waals surface area (Å²) in [6, 6.07) is 14.1. The molecule has 0 bridgehead atoms. The Morgan fingerprint density at radius 3 is 2.22 bits per heavy atom. The molecule has 2 aromatic carbocycles. The minimum atomic E-state index is -0.431. The average Bonchev–Trinajstić information content (AvgIpc) is 2.47. The molecule has 6 heteroatoms. The maximum Gasteiger partial charge on any atom is 0.269 e. The van der Waals surface area contributed by atoms with E-state index in [0.717, 1.165) is 11.3 Å². The minimum absolute atomic E-state index is 0.00738. The van der Waals surface area contributed by atoms with Crippen LogP contribution in [-0.2, 0) is 5.41 Å².